The molecule has 0 aliphatic heterocycles. The van der Waals surface area contributed by atoms with Crippen LogP contribution in [0.3, 0.4) is 0 Å². The lowest BCUT2D eigenvalue weighted by atomic mass is 9.59. The van der Waals surface area contributed by atoms with Gasteiger partial charge >= 0.3 is 5.97 Å². The third-order valence-electron chi connectivity index (χ3n) is 3.40. The second-order valence-electron chi connectivity index (χ2n) is 4.49. The maximum Gasteiger partial charge on any atom is 0.331 e. The number of carbonyl (C=O) groups is 4. The van der Waals surface area contributed by atoms with Gasteiger partial charge in [0.05, 0.1) is 5.92 Å². The van der Waals surface area contributed by atoms with Gasteiger partial charge in [0.25, 0.3) is 0 Å². The number of nitrogens with two attached hydrogens (primary N) is 4. The van der Waals surface area contributed by atoms with Crippen LogP contribution in [0.1, 0.15) is 6.42 Å². The lowest BCUT2D eigenvalue weighted by Crippen LogP contribution is -2.81. The second-order valence-corrected chi connectivity index (χ2v) is 4.49. The highest BCUT2D eigenvalue weighted by atomic mass is 16.4. The topological polar surface area (TPSA) is 193 Å². The van der Waals surface area contributed by atoms with E-state index in [1.54, 1.807) is 0 Å². The molecule has 0 spiro atoms. The van der Waals surface area contributed by atoms with Crippen molar-refractivity contribution in [3.8, 4) is 0 Å². The highest BCUT2D eigenvalue weighted by molar-refractivity contribution is 6.55. The lowest BCUT2D eigenvalue weighted by Gasteiger charge is -2.44. The van der Waals surface area contributed by atoms with Crippen LogP contribution < -0.4 is 22.9 Å². The van der Waals surface area contributed by atoms with Crippen LogP contribution in [0.4, 0.5) is 0 Å². The van der Waals surface area contributed by atoms with Gasteiger partial charge in [-0.25, -0.2) is 4.79 Å². The van der Waals surface area contributed by atoms with Crippen molar-refractivity contribution in [2.75, 3.05) is 13.1 Å². The largest absolute Gasteiger partial charge is 0.480 e. The number of hydrogen-bond acceptors (Lipinski definition) is 8. The van der Waals surface area contributed by atoms with Crippen LogP contribution in [0, 0.1) is 5.92 Å². The van der Waals surface area contributed by atoms with Crippen molar-refractivity contribution in [3.05, 3.63) is 0 Å². The summed E-state index contributed by atoms with van der Waals surface area (Å²) < 4.78 is 0. The Morgan fingerprint density at radius 1 is 1.32 bits per heavy atom. The second kappa shape index (κ2) is 4.78. The van der Waals surface area contributed by atoms with Crippen LogP contribution in [0.25, 0.3) is 0 Å². The minimum absolute atomic E-state index is 0.194. The fourth-order valence-electron chi connectivity index (χ4n) is 2.12. The molecule has 1 saturated carbocycles. The van der Waals surface area contributed by atoms with Crippen LogP contribution in [0.2, 0.25) is 0 Å². The average molecular weight is 272 g/mol. The van der Waals surface area contributed by atoms with Crippen molar-refractivity contribution in [3.63, 3.8) is 0 Å². The molecule has 9 heteroatoms. The zero-order chi connectivity index (χ0) is 15.0. The zero-order valence-corrected chi connectivity index (χ0v) is 10.1. The average Bonchev–Trinajstić information content (AvgIpc) is 2.37. The number of ketones is 3. The Kier molecular flexibility index (Phi) is 3.87. The molecule has 0 heterocycles. The van der Waals surface area contributed by atoms with E-state index >= 15 is 0 Å². The molecule has 1 aliphatic carbocycles. The van der Waals surface area contributed by atoms with Gasteiger partial charge in [0.2, 0.25) is 11.6 Å². The quantitative estimate of drug-likeness (QED) is 0.237. The van der Waals surface area contributed by atoms with Crippen molar-refractivity contribution in [1.82, 2.24) is 0 Å². The fourth-order valence-corrected chi connectivity index (χ4v) is 2.12. The molecule has 9 N–H and O–H groups in total. The molecule has 3 atom stereocenters. The zero-order valence-electron chi connectivity index (χ0n) is 10.1. The molecule has 1 fully saturated rings. The molecular formula is C10H16N4O5. The standard InChI is InChI=1S/C10H16N4O5/c11-2-1-9(13,8(18)19)7(17)10(14)4(3-12)5(15)6(10)16/h4H,1-3,11-14H2,(H,18,19). The molecule has 0 amide bonds. The molecular weight excluding hydrogens is 256 g/mol. The summed E-state index contributed by atoms with van der Waals surface area (Å²) in [6, 6.07) is 0. The monoisotopic (exact) mass is 272 g/mol. The van der Waals surface area contributed by atoms with Gasteiger partial charge in [0.15, 0.2) is 16.9 Å². The Morgan fingerprint density at radius 3 is 2.21 bits per heavy atom. The highest BCUT2D eigenvalue weighted by Gasteiger charge is 2.68. The third-order valence-corrected chi connectivity index (χ3v) is 3.40. The molecule has 1 aliphatic rings. The van der Waals surface area contributed by atoms with E-state index in [1.807, 2.05) is 0 Å². The number of Topliss-reactive ketones (excluding diaryl/α,β-unsaturated/α-hetero) is 3. The summed E-state index contributed by atoms with van der Waals surface area (Å²) in [7, 11) is 0. The van der Waals surface area contributed by atoms with E-state index in [2.05, 4.69) is 0 Å². The number of rotatable bonds is 6. The van der Waals surface area contributed by atoms with Gasteiger partial charge in [0, 0.05) is 6.54 Å². The minimum Gasteiger partial charge on any atom is -0.480 e. The van der Waals surface area contributed by atoms with Crippen LogP contribution in [-0.2, 0) is 19.2 Å². The predicted octanol–water partition coefficient (Wildman–Crippen LogP) is -3.89. The molecule has 0 saturated heterocycles. The Morgan fingerprint density at radius 2 is 1.84 bits per heavy atom. The smallest absolute Gasteiger partial charge is 0.331 e. The summed E-state index contributed by atoms with van der Waals surface area (Å²) in [5.41, 5.74) is 16.9. The van der Waals surface area contributed by atoms with E-state index in [9.17, 15) is 19.2 Å². The first-order valence-corrected chi connectivity index (χ1v) is 5.52. The summed E-state index contributed by atoms with van der Waals surface area (Å²) >= 11 is 0. The van der Waals surface area contributed by atoms with Gasteiger partial charge in [-0.05, 0) is 13.0 Å². The van der Waals surface area contributed by atoms with Crippen molar-refractivity contribution in [2.24, 2.45) is 28.9 Å². The van der Waals surface area contributed by atoms with Crippen molar-refractivity contribution in [2.45, 2.75) is 17.5 Å². The SMILES string of the molecule is NCCC(N)(C(=O)O)C(=O)C1(N)C(=O)C(=O)C1CN. The summed E-state index contributed by atoms with van der Waals surface area (Å²) in [6.45, 7) is -0.537. The highest BCUT2D eigenvalue weighted by Crippen LogP contribution is 2.33. The third kappa shape index (κ3) is 1.87. The van der Waals surface area contributed by atoms with Gasteiger partial charge in [-0.2, -0.15) is 0 Å². The fraction of sp³-hybridized carbons (Fsp3) is 0.600. The molecule has 3 unspecified atom stereocenters. The van der Waals surface area contributed by atoms with Gasteiger partial charge in [-0.1, -0.05) is 0 Å². The van der Waals surface area contributed by atoms with Crippen molar-refractivity contribution < 1.29 is 24.3 Å². The van der Waals surface area contributed by atoms with Crippen molar-refractivity contribution in [1.29, 1.82) is 0 Å². The predicted molar refractivity (Wildman–Crippen MR) is 62.7 cm³/mol. The number of aliphatic carboxylic acids is 1. The summed E-state index contributed by atoms with van der Waals surface area (Å²) in [5.74, 6) is -6.19. The maximum absolute atomic E-state index is 12.2. The number of hydrogen-bond donors (Lipinski definition) is 5. The molecule has 1 rings (SSSR count). The number of carboxylic acids is 1. The minimum atomic E-state index is -2.41. The molecule has 106 valence electrons. The first-order chi connectivity index (χ1) is 8.67. The van der Waals surface area contributed by atoms with E-state index < -0.39 is 46.7 Å². The molecule has 19 heavy (non-hydrogen) atoms. The van der Waals surface area contributed by atoms with Gasteiger partial charge in [-0.15, -0.1) is 0 Å². The van der Waals surface area contributed by atoms with Crippen LogP contribution in [0.5, 0.6) is 0 Å². The first kappa shape index (κ1) is 15.4. The van der Waals surface area contributed by atoms with E-state index in [0.717, 1.165) is 0 Å². The van der Waals surface area contributed by atoms with Crippen LogP contribution >= 0.6 is 0 Å². The summed E-state index contributed by atoms with van der Waals surface area (Å²) in [6.07, 6.45) is -0.404. The van der Waals surface area contributed by atoms with E-state index in [4.69, 9.17) is 28.0 Å². The molecule has 0 aromatic rings. The normalized spacial score (nSPS) is 29.6. The summed E-state index contributed by atoms with van der Waals surface area (Å²) in [5, 5.41) is 9.04. The number of carboxylic acid groups (broad SMARTS) is 1. The molecule has 9 nitrogen and oxygen atoms in total. The maximum atomic E-state index is 12.2. The van der Waals surface area contributed by atoms with Crippen LogP contribution in [-0.4, -0.2) is 52.6 Å². The molecule has 0 aromatic carbocycles. The Hall–Kier alpha value is -1.68. The molecule has 0 radical (unpaired) electrons. The van der Waals surface area contributed by atoms with Gasteiger partial charge in [-0.3, -0.25) is 14.4 Å². The Labute approximate surface area is 108 Å². The lowest BCUT2D eigenvalue weighted by molar-refractivity contribution is -0.163. The van der Waals surface area contributed by atoms with Gasteiger partial charge in [0.1, 0.15) is 0 Å². The summed E-state index contributed by atoms with van der Waals surface area (Å²) in [4.78, 5) is 46.2. The van der Waals surface area contributed by atoms with Crippen molar-refractivity contribution >= 4 is 23.3 Å². The van der Waals surface area contributed by atoms with E-state index in [1.165, 1.54) is 0 Å². The Balaban J connectivity index is 3.21. The number of carbonyl (C=O) groups excluding carboxylic acids is 3. The molecule has 0 bridgehead atoms. The Bertz CT molecular complexity index is 465. The van der Waals surface area contributed by atoms with E-state index in [0.29, 0.717) is 0 Å². The first-order valence-electron chi connectivity index (χ1n) is 5.52. The van der Waals surface area contributed by atoms with Gasteiger partial charge < -0.3 is 28.0 Å². The van der Waals surface area contributed by atoms with E-state index in [-0.39, 0.29) is 13.1 Å². The van der Waals surface area contributed by atoms with Crippen LogP contribution in [0.15, 0.2) is 0 Å². The molecule has 0 aromatic heterocycles.